The molecule has 0 aliphatic carbocycles. The number of amides is 1. The maximum absolute atomic E-state index is 12.3. The van der Waals surface area contributed by atoms with E-state index in [0.717, 1.165) is 11.3 Å². The molecule has 6 nitrogen and oxygen atoms in total. The molecule has 0 saturated carbocycles. The number of benzene rings is 1. The van der Waals surface area contributed by atoms with Gasteiger partial charge in [0.25, 0.3) is 5.91 Å². The summed E-state index contributed by atoms with van der Waals surface area (Å²) in [5, 5.41) is 6.03. The van der Waals surface area contributed by atoms with Crippen molar-refractivity contribution >= 4 is 17.4 Å². The van der Waals surface area contributed by atoms with Gasteiger partial charge in [-0.2, -0.15) is 0 Å². The molecule has 0 bridgehead atoms. The van der Waals surface area contributed by atoms with Gasteiger partial charge in [-0.05, 0) is 35.2 Å². The minimum absolute atomic E-state index is 0.255. The molecule has 0 spiro atoms. The Morgan fingerprint density at radius 1 is 1.12 bits per heavy atom. The van der Waals surface area contributed by atoms with Crippen LogP contribution in [0, 0.1) is 0 Å². The fourth-order valence-electron chi connectivity index (χ4n) is 2.42. The van der Waals surface area contributed by atoms with Crippen molar-refractivity contribution in [1.29, 1.82) is 0 Å². The second kappa shape index (κ2) is 8.20. The fraction of sp³-hybridized carbons (Fsp3) is 0.200. The maximum atomic E-state index is 12.3. The molecule has 2 heterocycles. The van der Waals surface area contributed by atoms with Crippen LogP contribution in [0.4, 0.5) is 11.5 Å². The minimum atomic E-state index is -0.255. The number of pyridine rings is 1. The van der Waals surface area contributed by atoms with E-state index in [4.69, 9.17) is 0 Å². The van der Waals surface area contributed by atoms with E-state index < -0.39 is 0 Å². The molecule has 0 aliphatic heterocycles. The van der Waals surface area contributed by atoms with Crippen molar-refractivity contribution in [3.05, 3.63) is 78.0 Å². The molecule has 3 rings (SSSR count). The lowest BCUT2D eigenvalue weighted by Crippen LogP contribution is -2.24. The van der Waals surface area contributed by atoms with Crippen LogP contribution in [-0.2, 0) is 6.54 Å². The van der Waals surface area contributed by atoms with Crippen LogP contribution in [0.5, 0.6) is 0 Å². The molecule has 3 aromatic rings. The molecule has 0 radical (unpaired) electrons. The number of hydrogen-bond donors (Lipinski definition) is 2. The van der Waals surface area contributed by atoms with Gasteiger partial charge in [-0.3, -0.25) is 9.78 Å². The zero-order valence-corrected chi connectivity index (χ0v) is 14.8. The van der Waals surface area contributed by atoms with Crippen molar-refractivity contribution in [3.63, 3.8) is 0 Å². The SMILES string of the molecule is CC(C)c1ccc(Nc2cc(C(=O)NCc3cccnc3)ncn2)cc1. The zero-order chi connectivity index (χ0) is 18.4. The predicted molar refractivity (Wildman–Crippen MR) is 101 cm³/mol. The van der Waals surface area contributed by atoms with Crippen LogP contribution in [0.2, 0.25) is 0 Å². The van der Waals surface area contributed by atoms with E-state index in [0.29, 0.717) is 24.0 Å². The first kappa shape index (κ1) is 17.5. The highest BCUT2D eigenvalue weighted by Gasteiger charge is 2.09. The van der Waals surface area contributed by atoms with Crippen LogP contribution in [-0.4, -0.2) is 20.9 Å². The number of anilines is 2. The van der Waals surface area contributed by atoms with Gasteiger partial charge in [-0.25, -0.2) is 9.97 Å². The van der Waals surface area contributed by atoms with E-state index in [9.17, 15) is 4.79 Å². The average molecular weight is 347 g/mol. The molecular formula is C20H21N5O. The second-order valence-corrected chi connectivity index (χ2v) is 6.23. The molecular weight excluding hydrogens is 326 g/mol. The molecule has 0 unspecified atom stereocenters. The summed E-state index contributed by atoms with van der Waals surface area (Å²) in [5.74, 6) is 0.802. The molecule has 2 N–H and O–H groups in total. The predicted octanol–water partition coefficient (Wildman–Crippen LogP) is 3.67. The third-order valence-corrected chi connectivity index (χ3v) is 3.93. The number of carbonyl (C=O) groups excluding carboxylic acids is 1. The van der Waals surface area contributed by atoms with Gasteiger partial charge in [0.05, 0.1) is 0 Å². The lowest BCUT2D eigenvalue weighted by molar-refractivity contribution is 0.0945. The van der Waals surface area contributed by atoms with Crippen LogP contribution in [0.3, 0.4) is 0 Å². The molecule has 6 heteroatoms. The number of carbonyl (C=O) groups is 1. The molecule has 0 saturated heterocycles. The van der Waals surface area contributed by atoms with Crippen molar-refractivity contribution in [2.24, 2.45) is 0 Å². The summed E-state index contributed by atoms with van der Waals surface area (Å²) in [6, 6.07) is 13.5. The van der Waals surface area contributed by atoms with Gasteiger partial charge in [0.1, 0.15) is 17.8 Å². The summed E-state index contributed by atoms with van der Waals surface area (Å²) in [7, 11) is 0. The van der Waals surface area contributed by atoms with Gasteiger partial charge < -0.3 is 10.6 Å². The van der Waals surface area contributed by atoms with E-state index in [1.807, 2.05) is 24.3 Å². The third-order valence-electron chi connectivity index (χ3n) is 3.93. The van der Waals surface area contributed by atoms with Crippen LogP contribution in [0.25, 0.3) is 0 Å². The molecule has 2 aromatic heterocycles. The fourth-order valence-corrected chi connectivity index (χ4v) is 2.42. The smallest absolute Gasteiger partial charge is 0.270 e. The second-order valence-electron chi connectivity index (χ2n) is 6.23. The van der Waals surface area contributed by atoms with Crippen molar-refractivity contribution < 1.29 is 4.79 Å². The summed E-state index contributed by atoms with van der Waals surface area (Å²) in [4.78, 5) is 24.6. The van der Waals surface area contributed by atoms with Crippen molar-refractivity contribution in [1.82, 2.24) is 20.3 Å². The molecule has 0 atom stereocenters. The standard InChI is InChI=1S/C20H21N5O/c1-14(2)16-5-7-17(8-6-16)25-19-10-18(23-13-24-19)20(26)22-12-15-4-3-9-21-11-15/h3-11,13-14H,12H2,1-2H3,(H,22,26)(H,23,24,25). The van der Waals surface area contributed by atoms with E-state index in [-0.39, 0.29) is 5.91 Å². The van der Waals surface area contributed by atoms with Gasteiger partial charge in [-0.1, -0.05) is 32.0 Å². The molecule has 1 amide bonds. The Bertz CT molecular complexity index is 863. The first-order chi connectivity index (χ1) is 12.6. The molecule has 26 heavy (non-hydrogen) atoms. The molecule has 132 valence electrons. The number of nitrogens with one attached hydrogen (secondary N) is 2. The van der Waals surface area contributed by atoms with Crippen molar-refractivity contribution in [2.45, 2.75) is 26.3 Å². The lowest BCUT2D eigenvalue weighted by atomic mass is 10.0. The Morgan fingerprint density at radius 2 is 1.92 bits per heavy atom. The van der Waals surface area contributed by atoms with Gasteiger partial charge in [0.15, 0.2) is 0 Å². The molecule has 0 fully saturated rings. The minimum Gasteiger partial charge on any atom is -0.347 e. The van der Waals surface area contributed by atoms with E-state index in [1.54, 1.807) is 18.5 Å². The Balaban J connectivity index is 1.64. The lowest BCUT2D eigenvalue weighted by Gasteiger charge is -2.09. The summed E-state index contributed by atoms with van der Waals surface area (Å²) < 4.78 is 0. The summed E-state index contributed by atoms with van der Waals surface area (Å²) in [6.07, 6.45) is 4.79. The number of aromatic nitrogens is 3. The Kier molecular flexibility index (Phi) is 5.53. The van der Waals surface area contributed by atoms with Gasteiger partial charge in [0, 0.05) is 30.7 Å². The summed E-state index contributed by atoms with van der Waals surface area (Å²) >= 11 is 0. The van der Waals surface area contributed by atoms with Crippen LogP contribution >= 0.6 is 0 Å². The van der Waals surface area contributed by atoms with Gasteiger partial charge >= 0.3 is 0 Å². The number of hydrogen-bond acceptors (Lipinski definition) is 5. The molecule has 1 aromatic carbocycles. The van der Waals surface area contributed by atoms with E-state index in [2.05, 4.69) is 51.6 Å². The Morgan fingerprint density at radius 3 is 2.62 bits per heavy atom. The van der Waals surface area contributed by atoms with Gasteiger partial charge in [-0.15, -0.1) is 0 Å². The first-order valence-corrected chi connectivity index (χ1v) is 8.48. The highest BCUT2D eigenvalue weighted by atomic mass is 16.1. The quantitative estimate of drug-likeness (QED) is 0.711. The van der Waals surface area contributed by atoms with Crippen LogP contribution in [0.15, 0.2) is 61.2 Å². The maximum Gasteiger partial charge on any atom is 0.270 e. The van der Waals surface area contributed by atoms with Crippen molar-refractivity contribution in [2.75, 3.05) is 5.32 Å². The highest BCUT2D eigenvalue weighted by molar-refractivity contribution is 5.92. The Labute approximate surface area is 152 Å². The first-order valence-electron chi connectivity index (χ1n) is 8.48. The van der Waals surface area contributed by atoms with Crippen LogP contribution < -0.4 is 10.6 Å². The normalized spacial score (nSPS) is 10.6. The third kappa shape index (κ3) is 4.63. The topological polar surface area (TPSA) is 79.8 Å². The molecule has 0 aliphatic rings. The summed E-state index contributed by atoms with van der Waals surface area (Å²) in [5.41, 5.74) is 3.42. The summed E-state index contributed by atoms with van der Waals surface area (Å²) in [6.45, 7) is 4.71. The van der Waals surface area contributed by atoms with Gasteiger partial charge in [0.2, 0.25) is 0 Å². The highest BCUT2D eigenvalue weighted by Crippen LogP contribution is 2.19. The zero-order valence-electron chi connectivity index (χ0n) is 14.8. The monoisotopic (exact) mass is 347 g/mol. The number of nitrogens with zero attached hydrogens (tertiary/aromatic N) is 3. The largest absolute Gasteiger partial charge is 0.347 e. The average Bonchev–Trinajstić information content (AvgIpc) is 2.67. The number of rotatable bonds is 6. The van der Waals surface area contributed by atoms with Crippen LogP contribution in [0.1, 0.15) is 41.4 Å². The van der Waals surface area contributed by atoms with Crippen molar-refractivity contribution in [3.8, 4) is 0 Å². The van der Waals surface area contributed by atoms with E-state index >= 15 is 0 Å². The van der Waals surface area contributed by atoms with E-state index in [1.165, 1.54) is 11.9 Å². The Hall–Kier alpha value is -3.28.